The molecule has 0 saturated carbocycles. The van der Waals surface area contributed by atoms with Gasteiger partial charge in [-0.2, -0.15) is 0 Å². The molecular weight excluding hydrogens is 1080 g/mol. The van der Waals surface area contributed by atoms with Gasteiger partial charge in [0.25, 0.3) is 0 Å². The van der Waals surface area contributed by atoms with Crippen molar-refractivity contribution in [2.45, 2.75) is 317 Å². The van der Waals surface area contributed by atoms with Crippen molar-refractivity contribution in [3.8, 4) is 0 Å². The third-order valence-corrected chi connectivity index (χ3v) is 16.0. The van der Waals surface area contributed by atoms with E-state index < -0.39 is 97.5 Å². The molecule has 0 aromatic carbocycles. The first kappa shape index (κ1) is 79.1. The van der Waals surface area contributed by atoms with Crippen LogP contribution in [0, 0.1) is 17.8 Å². The molecule has 480 valence electrons. The minimum Gasteiger partial charge on any atom is -0.462 e. The molecule has 0 aliphatic heterocycles. The molecule has 17 nitrogen and oxygen atoms in total. The van der Waals surface area contributed by atoms with Crippen molar-refractivity contribution in [1.82, 2.24) is 0 Å². The Morgan fingerprint density at radius 1 is 0.333 bits per heavy atom. The smallest absolute Gasteiger partial charge is 0.462 e. The van der Waals surface area contributed by atoms with Gasteiger partial charge < -0.3 is 33.8 Å². The van der Waals surface area contributed by atoms with Gasteiger partial charge in [0.05, 0.1) is 26.4 Å². The van der Waals surface area contributed by atoms with E-state index in [0.29, 0.717) is 43.4 Å². The zero-order valence-corrected chi connectivity index (χ0v) is 54.0. The Hall–Kier alpha value is -1.94. The molecule has 0 heterocycles. The Labute approximate surface area is 492 Å². The predicted octanol–water partition coefficient (Wildman–Crippen LogP) is 16.7. The van der Waals surface area contributed by atoms with Gasteiger partial charge in [-0.05, 0) is 43.4 Å². The van der Waals surface area contributed by atoms with Crippen molar-refractivity contribution < 1.29 is 80.2 Å². The maximum Gasteiger partial charge on any atom is 0.472 e. The van der Waals surface area contributed by atoms with Crippen molar-refractivity contribution in [2.75, 3.05) is 39.6 Å². The molecule has 0 aromatic heterocycles. The Morgan fingerprint density at radius 2 is 0.568 bits per heavy atom. The number of carbonyl (C=O) groups excluding carboxylic acids is 4. The third kappa shape index (κ3) is 56.9. The molecule has 0 radical (unpaired) electrons. The van der Waals surface area contributed by atoms with Crippen LogP contribution in [0.5, 0.6) is 0 Å². The molecule has 0 amide bonds. The fourth-order valence-electron chi connectivity index (χ4n) is 9.13. The highest BCUT2D eigenvalue weighted by Crippen LogP contribution is 2.45. The molecule has 0 rings (SSSR count). The van der Waals surface area contributed by atoms with E-state index in [9.17, 15) is 43.2 Å². The summed E-state index contributed by atoms with van der Waals surface area (Å²) in [5.41, 5.74) is 0. The molecule has 19 heteroatoms. The minimum atomic E-state index is -4.94. The van der Waals surface area contributed by atoms with Crippen LogP contribution >= 0.6 is 15.6 Å². The lowest BCUT2D eigenvalue weighted by Crippen LogP contribution is -2.30. The average molecular weight is 1200 g/mol. The van der Waals surface area contributed by atoms with E-state index in [1.54, 1.807) is 0 Å². The van der Waals surface area contributed by atoms with Crippen molar-refractivity contribution in [1.29, 1.82) is 0 Å². The number of hydrogen-bond donors (Lipinski definition) is 3. The second kappa shape index (κ2) is 53.5. The fourth-order valence-corrected chi connectivity index (χ4v) is 10.7. The van der Waals surface area contributed by atoms with E-state index in [4.69, 9.17) is 37.0 Å². The molecule has 0 fully saturated rings. The molecule has 0 spiro atoms. The second-order valence-electron chi connectivity index (χ2n) is 23.9. The van der Waals surface area contributed by atoms with Crippen LogP contribution in [0.1, 0.15) is 299 Å². The van der Waals surface area contributed by atoms with Crippen molar-refractivity contribution in [3.05, 3.63) is 0 Å². The Bertz CT molecular complexity index is 1610. The topological polar surface area (TPSA) is 237 Å². The first-order chi connectivity index (χ1) is 38.7. The first-order valence-corrected chi connectivity index (χ1v) is 35.3. The summed E-state index contributed by atoms with van der Waals surface area (Å²) in [5.74, 6) is -0.0353. The first-order valence-electron chi connectivity index (χ1n) is 32.3. The standard InChI is InChI=1S/C62H120O17P2/c1-8-9-10-11-12-13-14-15-22-31-38-45-61(66)78-57(49-72-59(64)43-36-29-23-16-19-26-33-40-53(2)3)51-76-80(68,69)74-47-56(63)48-75-81(70,71)77-52-58(79-62(67)46-39-32-25-18-21-28-35-42-55(6)7)50-73-60(65)44-37-30-24-17-20-27-34-41-54(4)5/h53-58,63H,8-52H2,1-7H3,(H,68,69)(H,70,71)/t56-,57-,58-/m1/s1. The van der Waals surface area contributed by atoms with E-state index >= 15 is 0 Å². The Morgan fingerprint density at radius 3 is 0.840 bits per heavy atom. The van der Waals surface area contributed by atoms with E-state index in [2.05, 4.69) is 48.5 Å². The number of aliphatic hydroxyl groups is 1. The number of carbonyl (C=O) groups is 4. The van der Waals surface area contributed by atoms with Gasteiger partial charge in [-0.1, -0.05) is 248 Å². The van der Waals surface area contributed by atoms with Gasteiger partial charge in [0.2, 0.25) is 0 Å². The number of aliphatic hydroxyl groups excluding tert-OH is 1. The van der Waals surface area contributed by atoms with E-state index in [0.717, 1.165) is 103 Å². The minimum absolute atomic E-state index is 0.102. The number of ether oxygens (including phenoxy) is 4. The van der Waals surface area contributed by atoms with Crippen LogP contribution in [0.2, 0.25) is 0 Å². The highest BCUT2D eigenvalue weighted by atomic mass is 31.2. The molecule has 0 aromatic rings. The van der Waals surface area contributed by atoms with Crippen LogP contribution in [0.15, 0.2) is 0 Å². The lowest BCUT2D eigenvalue weighted by Gasteiger charge is -2.21. The maximum atomic E-state index is 12.9. The van der Waals surface area contributed by atoms with Crippen LogP contribution in [0.4, 0.5) is 0 Å². The quantitative estimate of drug-likeness (QED) is 0.0222. The van der Waals surface area contributed by atoms with E-state index in [1.807, 2.05) is 0 Å². The number of unbranched alkanes of at least 4 members (excludes halogenated alkanes) is 28. The summed E-state index contributed by atoms with van der Waals surface area (Å²) < 4.78 is 67.9. The van der Waals surface area contributed by atoms with Gasteiger partial charge in [0, 0.05) is 25.7 Å². The summed E-state index contributed by atoms with van der Waals surface area (Å²) in [5, 5.41) is 10.5. The molecule has 81 heavy (non-hydrogen) atoms. The zero-order valence-electron chi connectivity index (χ0n) is 52.2. The number of phosphoric ester groups is 2. The zero-order chi connectivity index (χ0) is 60.3. The average Bonchev–Trinajstić information content (AvgIpc) is 3.41. The highest BCUT2D eigenvalue weighted by Gasteiger charge is 2.30. The highest BCUT2D eigenvalue weighted by molar-refractivity contribution is 7.47. The molecule has 0 aliphatic rings. The second-order valence-corrected chi connectivity index (χ2v) is 26.8. The van der Waals surface area contributed by atoms with Crippen LogP contribution in [-0.4, -0.2) is 96.7 Å². The largest absolute Gasteiger partial charge is 0.472 e. The molecule has 2 unspecified atom stereocenters. The summed E-state index contributed by atoms with van der Waals surface area (Å²) >= 11 is 0. The van der Waals surface area contributed by atoms with Crippen molar-refractivity contribution in [3.63, 3.8) is 0 Å². The maximum absolute atomic E-state index is 12.9. The fraction of sp³-hybridized carbons (Fsp3) is 0.935. The monoisotopic (exact) mass is 1200 g/mol. The SMILES string of the molecule is CCCCCCCCCCCCCC(=O)O[C@H](COC(=O)CCCCCCCCCC(C)C)COP(=O)(O)OC[C@@H](O)COP(=O)(O)OC[C@@H](COC(=O)CCCCCCCCCC(C)C)OC(=O)CCCCCCCCCC(C)C. The lowest BCUT2D eigenvalue weighted by atomic mass is 10.0. The summed E-state index contributed by atoms with van der Waals surface area (Å²) in [6, 6.07) is 0. The van der Waals surface area contributed by atoms with Crippen molar-refractivity contribution >= 4 is 39.5 Å². The molecule has 0 saturated heterocycles. The van der Waals surface area contributed by atoms with Crippen LogP contribution in [0.3, 0.4) is 0 Å². The number of esters is 4. The van der Waals surface area contributed by atoms with Gasteiger partial charge >= 0.3 is 39.5 Å². The Kier molecular flexibility index (Phi) is 52.2. The lowest BCUT2D eigenvalue weighted by molar-refractivity contribution is -0.161. The summed E-state index contributed by atoms with van der Waals surface area (Å²) in [6.45, 7) is 11.6. The molecule has 5 atom stereocenters. The summed E-state index contributed by atoms with van der Waals surface area (Å²) in [4.78, 5) is 72.1. The van der Waals surface area contributed by atoms with E-state index in [1.165, 1.54) is 96.3 Å². The molecular formula is C62H120O17P2. The predicted molar refractivity (Wildman–Crippen MR) is 321 cm³/mol. The van der Waals surface area contributed by atoms with Crippen LogP contribution in [0.25, 0.3) is 0 Å². The third-order valence-electron chi connectivity index (χ3n) is 14.1. The van der Waals surface area contributed by atoms with Gasteiger partial charge in [-0.25, -0.2) is 9.13 Å². The number of hydrogen-bond acceptors (Lipinski definition) is 15. The van der Waals surface area contributed by atoms with Gasteiger partial charge in [-0.3, -0.25) is 37.3 Å². The Balaban J connectivity index is 5.25. The summed E-state index contributed by atoms with van der Waals surface area (Å²) in [6.07, 6.45) is 33.7. The van der Waals surface area contributed by atoms with Gasteiger partial charge in [-0.15, -0.1) is 0 Å². The molecule has 0 aliphatic carbocycles. The van der Waals surface area contributed by atoms with Crippen LogP contribution in [-0.2, 0) is 65.4 Å². The molecule has 3 N–H and O–H groups in total. The number of phosphoric acid groups is 2. The van der Waals surface area contributed by atoms with Crippen LogP contribution < -0.4 is 0 Å². The molecule has 0 bridgehead atoms. The van der Waals surface area contributed by atoms with Gasteiger partial charge in [0.15, 0.2) is 12.2 Å². The number of rotatable bonds is 60. The van der Waals surface area contributed by atoms with Crippen molar-refractivity contribution in [2.24, 2.45) is 17.8 Å². The summed E-state index contributed by atoms with van der Waals surface area (Å²) in [7, 11) is -9.88. The normalized spacial score (nSPS) is 14.4. The van der Waals surface area contributed by atoms with Gasteiger partial charge in [0.1, 0.15) is 19.3 Å². The van der Waals surface area contributed by atoms with E-state index in [-0.39, 0.29) is 25.7 Å².